The third kappa shape index (κ3) is 5.32. The molecule has 1 aliphatic heterocycles. The summed E-state index contributed by atoms with van der Waals surface area (Å²) in [6, 6.07) is 21.0. The van der Waals surface area contributed by atoms with E-state index in [1.54, 1.807) is 0 Å². The maximum atomic E-state index is 13.5. The van der Waals surface area contributed by atoms with Crippen LogP contribution in [0.3, 0.4) is 0 Å². The van der Waals surface area contributed by atoms with Gasteiger partial charge in [0.1, 0.15) is 4.75 Å². The molecule has 0 aromatic heterocycles. The summed E-state index contributed by atoms with van der Waals surface area (Å²) >= 11 is 1.82. The highest BCUT2D eigenvalue weighted by Crippen LogP contribution is 2.49. The van der Waals surface area contributed by atoms with Gasteiger partial charge in [0.15, 0.2) is 8.32 Å². The Bertz CT molecular complexity index is 882. The molecule has 1 aliphatic rings. The monoisotopic (exact) mass is 469 g/mol. The van der Waals surface area contributed by atoms with Crippen LogP contribution >= 0.6 is 11.8 Å². The lowest BCUT2D eigenvalue weighted by Crippen LogP contribution is -2.71. The van der Waals surface area contributed by atoms with Gasteiger partial charge in [-0.25, -0.2) is 0 Å². The quantitative estimate of drug-likeness (QED) is 0.280. The van der Waals surface area contributed by atoms with Gasteiger partial charge in [-0.1, -0.05) is 88.4 Å². The summed E-state index contributed by atoms with van der Waals surface area (Å²) in [7, 11) is -1.81. The summed E-state index contributed by atoms with van der Waals surface area (Å²) in [6.45, 7) is 15.0. The van der Waals surface area contributed by atoms with Crippen molar-refractivity contribution in [2.75, 3.05) is 6.61 Å². The number of benzene rings is 2. The zero-order valence-corrected chi connectivity index (χ0v) is 22.4. The number of nitrogens with zero attached hydrogens (tertiary/aromatic N) is 1. The molecule has 3 rings (SSSR count). The van der Waals surface area contributed by atoms with E-state index in [0.29, 0.717) is 13.2 Å². The fourth-order valence-corrected chi connectivity index (χ4v) is 6.70. The molecule has 5 heteroatoms. The zero-order valence-electron chi connectivity index (χ0n) is 20.6. The molecule has 1 fully saturated rings. The van der Waals surface area contributed by atoms with E-state index in [0.717, 1.165) is 18.6 Å². The maximum absolute atomic E-state index is 13.5. The lowest BCUT2D eigenvalue weighted by molar-refractivity contribution is -0.154. The van der Waals surface area contributed by atoms with Gasteiger partial charge < -0.3 is 9.33 Å². The molecule has 1 heterocycles. The van der Waals surface area contributed by atoms with Crippen molar-refractivity contribution in [2.45, 2.75) is 81.8 Å². The fraction of sp³-hybridized carbons (Fsp3) is 0.519. The third-order valence-electron chi connectivity index (χ3n) is 7.26. The molecular formula is C27H39NO2SSi. The number of hydrogen-bond acceptors (Lipinski definition) is 3. The van der Waals surface area contributed by atoms with Crippen molar-refractivity contribution >= 4 is 26.0 Å². The van der Waals surface area contributed by atoms with Crippen molar-refractivity contribution < 1.29 is 9.22 Å². The van der Waals surface area contributed by atoms with Gasteiger partial charge in [-0.3, -0.25) is 4.79 Å². The molecule has 2 aromatic carbocycles. The first-order chi connectivity index (χ1) is 15.1. The summed E-state index contributed by atoms with van der Waals surface area (Å²) in [4.78, 5) is 15.6. The molecule has 2 aromatic rings. The summed E-state index contributed by atoms with van der Waals surface area (Å²) in [5, 5.41) is 0.191. The molecule has 0 spiro atoms. The minimum Gasteiger partial charge on any atom is -0.417 e. The predicted octanol–water partition coefficient (Wildman–Crippen LogP) is 6.89. The van der Waals surface area contributed by atoms with Gasteiger partial charge in [0.05, 0.1) is 6.04 Å². The molecule has 0 bridgehead atoms. The largest absolute Gasteiger partial charge is 0.417 e. The Hall–Kier alpha value is -1.56. The van der Waals surface area contributed by atoms with Crippen molar-refractivity contribution in [1.82, 2.24) is 4.90 Å². The topological polar surface area (TPSA) is 29.5 Å². The van der Waals surface area contributed by atoms with Crippen molar-refractivity contribution in [3.8, 4) is 0 Å². The van der Waals surface area contributed by atoms with Crippen molar-refractivity contribution in [2.24, 2.45) is 0 Å². The van der Waals surface area contributed by atoms with Crippen LogP contribution in [-0.4, -0.2) is 36.5 Å². The number of amides is 1. The van der Waals surface area contributed by atoms with Crippen molar-refractivity contribution in [1.29, 1.82) is 0 Å². The molecule has 0 N–H and O–H groups in total. The second-order valence-corrected chi connectivity index (χ2v) is 16.5. The van der Waals surface area contributed by atoms with Gasteiger partial charge >= 0.3 is 0 Å². The Labute approximate surface area is 200 Å². The second kappa shape index (κ2) is 10.1. The number of carbonyl (C=O) groups is 1. The minimum absolute atomic E-state index is 0.191. The first-order valence-corrected chi connectivity index (χ1v) is 15.7. The number of thioether (sulfide) groups is 1. The number of carbonyl (C=O) groups excluding carboxylic acids is 1. The molecule has 0 radical (unpaired) electrons. The number of β-lactam (4-membered cyclic amide) rings is 1. The van der Waals surface area contributed by atoms with Crippen LogP contribution in [0.25, 0.3) is 0 Å². The number of hydrogen-bond donors (Lipinski definition) is 0. The SMILES string of the molecule is CCC1(SCc2ccccc2)C(=O)N(Cc2ccccc2)C1CCO[Si](C)(C)C(C)(C)C. The van der Waals surface area contributed by atoms with E-state index in [4.69, 9.17) is 4.43 Å². The average molecular weight is 470 g/mol. The van der Waals surface area contributed by atoms with Crippen LogP contribution in [0.5, 0.6) is 0 Å². The molecule has 32 heavy (non-hydrogen) atoms. The van der Waals surface area contributed by atoms with Crippen molar-refractivity contribution in [3.63, 3.8) is 0 Å². The Kier molecular flexibility index (Phi) is 7.95. The molecular weight excluding hydrogens is 430 g/mol. The van der Waals surface area contributed by atoms with Crippen LogP contribution in [0.1, 0.15) is 51.7 Å². The van der Waals surface area contributed by atoms with Crippen LogP contribution in [0.15, 0.2) is 60.7 Å². The standard InChI is InChI=1S/C27H39NO2SSi/c1-7-27(31-21-23-16-12-9-13-17-23)24(18-19-30-32(5,6)26(2,3)4)28(25(27)29)20-22-14-10-8-11-15-22/h8-17,24H,7,18-21H2,1-6H3. The lowest BCUT2D eigenvalue weighted by Gasteiger charge is -2.56. The Balaban J connectivity index is 1.76. The molecule has 3 nitrogen and oxygen atoms in total. The maximum Gasteiger partial charge on any atom is 0.241 e. The fourth-order valence-electron chi connectivity index (χ4n) is 4.14. The van der Waals surface area contributed by atoms with E-state index < -0.39 is 8.32 Å². The molecule has 0 saturated carbocycles. The van der Waals surface area contributed by atoms with Gasteiger partial charge in [0.25, 0.3) is 0 Å². The van der Waals surface area contributed by atoms with Gasteiger partial charge in [0.2, 0.25) is 5.91 Å². The molecule has 2 atom stereocenters. The third-order valence-corrected chi connectivity index (χ3v) is 13.5. The summed E-state index contributed by atoms with van der Waals surface area (Å²) in [5.74, 6) is 1.14. The first-order valence-electron chi connectivity index (χ1n) is 11.8. The Morgan fingerprint density at radius 2 is 1.56 bits per heavy atom. The number of rotatable bonds is 10. The van der Waals surface area contributed by atoms with E-state index in [1.807, 2.05) is 36.0 Å². The normalized spacial score (nSPS) is 21.5. The Morgan fingerprint density at radius 3 is 2.09 bits per heavy atom. The highest BCUT2D eigenvalue weighted by molar-refractivity contribution is 8.00. The van der Waals surface area contributed by atoms with Crippen LogP contribution in [0.4, 0.5) is 0 Å². The minimum atomic E-state index is -1.81. The van der Waals surface area contributed by atoms with E-state index in [-0.39, 0.29) is 21.7 Å². The van der Waals surface area contributed by atoms with Gasteiger partial charge in [-0.05, 0) is 42.1 Å². The van der Waals surface area contributed by atoms with Gasteiger partial charge in [-0.15, -0.1) is 11.8 Å². The summed E-state index contributed by atoms with van der Waals surface area (Å²) in [5.41, 5.74) is 2.46. The van der Waals surface area contributed by atoms with E-state index in [2.05, 4.69) is 82.1 Å². The predicted molar refractivity (Wildman–Crippen MR) is 139 cm³/mol. The van der Waals surface area contributed by atoms with E-state index in [1.165, 1.54) is 11.1 Å². The van der Waals surface area contributed by atoms with E-state index in [9.17, 15) is 4.79 Å². The smallest absolute Gasteiger partial charge is 0.241 e. The van der Waals surface area contributed by atoms with Crippen LogP contribution < -0.4 is 0 Å². The van der Waals surface area contributed by atoms with Crippen molar-refractivity contribution in [3.05, 3.63) is 71.8 Å². The van der Waals surface area contributed by atoms with Gasteiger partial charge in [0, 0.05) is 18.9 Å². The average Bonchev–Trinajstić information content (AvgIpc) is 2.77. The van der Waals surface area contributed by atoms with Crippen LogP contribution in [0, 0.1) is 0 Å². The molecule has 1 amide bonds. The lowest BCUT2D eigenvalue weighted by atomic mass is 9.81. The molecule has 1 saturated heterocycles. The summed E-state index contributed by atoms with van der Waals surface area (Å²) in [6.07, 6.45) is 1.74. The first kappa shape index (κ1) is 25.1. The Morgan fingerprint density at radius 1 is 1.00 bits per heavy atom. The molecule has 0 aliphatic carbocycles. The molecule has 2 unspecified atom stereocenters. The summed E-state index contributed by atoms with van der Waals surface area (Å²) < 4.78 is 6.17. The highest BCUT2D eigenvalue weighted by atomic mass is 32.2. The number of likely N-dealkylation sites (tertiary alicyclic amines) is 1. The highest BCUT2D eigenvalue weighted by Gasteiger charge is 2.59. The second-order valence-electron chi connectivity index (χ2n) is 10.3. The van der Waals surface area contributed by atoms with Crippen LogP contribution in [0.2, 0.25) is 18.1 Å². The van der Waals surface area contributed by atoms with E-state index >= 15 is 0 Å². The molecule has 174 valence electrons. The van der Waals surface area contributed by atoms with Gasteiger partial charge in [-0.2, -0.15) is 0 Å². The van der Waals surface area contributed by atoms with Crippen LogP contribution in [-0.2, 0) is 21.5 Å². The zero-order chi connectivity index (χ0) is 23.4.